The van der Waals surface area contributed by atoms with Crippen LogP contribution >= 0.6 is 0 Å². The van der Waals surface area contributed by atoms with Gasteiger partial charge in [-0.1, -0.05) is 18.1 Å². The Balaban J connectivity index is 2.67. The monoisotopic (exact) mass is 220 g/mol. The van der Waals surface area contributed by atoms with Gasteiger partial charge in [0.05, 0.1) is 11.2 Å². The highest BCUT2D eigenvalue weighted by atomic mass is 19.1. The van der Waals surface area contributed by atoms with Crippen molar-refractivity contribution in [3.63, 3.8) is 0 Å². The van der Waals surface area contributed by atoms with Crippen LogP contribution in [0.5, 0.6) is 0 Å². The lowest BCUT2D eigenvalue weighted by Gasteiger charge is -2.19. The molecule has 0 aliphatic heterocycles. The van der Waals surface area contributed by atoms with Crippen molar-refractivity contribution in [1.29, 1.82) is 0 Å². The maximum atomic E-state index is 13.2. The number of anilines is 1. The molecule has 1 rings (SSSR count). The smallest absolute Gasteiger partial charge is 0.320 e. The van der Waals surface area contributed by atoms with Gasteiger partial charge in [0.15, 0.2) is 0 Å². The van der Waals surface area contributed by atoms with Crippen LogP contribution in [0.15, 0.2) is 24.3 Å². The number of benzene rings is 1. The zero-order chi connectivity index (χ0) is 12.2. The van der Waals surface area contributed by atoms with Crippen molar-refractivity contribution in [2.45, 2.75) is 19.4 Å². The van der Waals surface area contributed by atoms with Gasteiger partial charge >= 0.3 is 6.03 Å². The third-order valence-corrected chi connectivity index (χ3v) is 1.91. The Morgan fingerprint density at radius 1 is 1.44 bits per heavy atom. The van der Waals surface area contributed by atoms with Gasteiger partial charge in [-0.25, -0.2) is 9.18 Å². The van der Waals surface area contributed by atoms with Crippen molar-refractivity contribution < 1.29 is 9.18 Å². The molecule has 16 heavy (non-hydrogen) atoms. The van der Waals surface area contributed by atoms with Crippen LogP contribution in [0.25, 0.3) is 0 Å². The Labute approximate surface area is 94.0 Å². The lowest BCUT2D eigenvalue weighted by molar-refractivity contribution is 0.246. The molecule has 0 saturated heterocycles. The fraction of sp³-hybridized carbons (Fsp3) is 0.250. The standard InChI is InChI=1S/C12H13FN2O/c1-4-12(2,3)15-11(16)14-10-8-6-5-7-9(10)13/h1,5-8H,2-3H3,(H2,14,15,16). The first-order valence-corrected chi connectivity index (χ1v) is 4.76. The number of terminal acetylenes is 1. The normalized spacial score (nSPS) is 10.4. The van der Waals surface area contributed by atoms with E-state index in [0.29, 0.717) is 0 Å². The number of para-hydroxylation sites is 1. The molecule has 0 aromatic heterocycles. The Kier molecular flexibility index (Phi) is 3.51. The third kappa shape index (κ3) is 3.28. The average Bonchev–Trinajstić information content (AvgIpc) is 2.21. The Morgan fingerprint density at radius 2 is 2.06 bits per heavy atom. The van der Waals surface area contributed by atoms with E-state index in [1.807, 2.05) is 0 Å². The summed E-state index contributed by atoms with van der Waals surface area (Å²) in [5, 5.41) is 4.91. The summed E-state index contributed by atoms with van der Waals surface area (Å²) in [6, 6.07) is 5.38. The van der Waals surface area contributed by atoms with E-state index in [2.05, 4.69) is 16.6 Å². The van der Waals surface area contributed by atoms with Crippen molar-refractivity contribution in [1.82, 2.24) is 5.32 Å². The van der Waals surface area contributed by atoms with Crippen LogP contribution in [0.2, 0.25) is 0 Å². The van der Waals surface area contributed by atoms with Gasteiger partial charge in [-0.2, -0.15) is 0 Å². The van der Waals surface area contributed by atoms with Crippen LogP contribution in [0, 0.1) is 18.2 Å². The maximum Gasteiger partial charge on any atom is 0.320 e. The summed E-state index contributed by atoms with van der Waals surface area (Å²) in [5.74, 6) is 1.92. The summed E-state index contributed by atoms with van der Waals surface area (Å²) in [5.41, 5.74) is -0.650. The molecule has 1 aromatic carbocycles. The molecule has 0 saturated carbocycles. The first-order chi connectivity index (χ1) is 7.44. The zero-order valence-electron chi connectivity index (χ0n) is 9.17. The van der Waals surface area contributed by atoms with Gasteiger partial charge in [0.1, 0.15) is 5.82 Å². The number of carbonyl (C=O) groups is 1. The Morgan fingerprint density at radius 3 is 2.62 bits per heavy atom. The van der Waals surface area contributed by atoms with Crippen molar-refractivity contribution in [2.24, 2.45) is 0 Å². The van der Waals surface area contributed by atoms with Crippen LogP contribution in [-0.2, 0) is 0 Å². The second kappa shape index (κ2) is 4.67. The number of nitrogens with one attached hydrogen (secondary N) is 2. The van der Waals surface area contributed by atoms with Crippen molar-refractivity contribution in [3.05, 3.63) is 30.1 Å². The second-order valence-electron chi connectivity index (χ2n) is 3.83. The maximum absolute atomic E-state index is 13.2. The van der Waals surface area contributed by atoms with Crippen LogP contribution in [-0.4, -0.2) is 11.6 Å². The molecule has 4 heteroatoms. The number of hydrogen-bond acceptors (Lipinski definition) is 1. The van der Waals surface area contributed by atoms with Gasteiger partial charge in [-0.3, -0.25) is 0 Å². The largest absolute Gasteiger partial charge is 0.322 e. The van der Waals surface area contributed by atoms with E-state index in [0.717, 1.165) is 0 Å². The summed E-state index contributed by atoms with van der Waals surface area (Å²) in [4.78, 5) is 11.5. The van der Waals surface area contributed by atoms with E-state index in [9.17, 15) is 9.18 Å². The van der Waals surface area contributed by atoms with E-state index in [4.69, 9.17) is 6.42 Å². The third-order valence-electron chi connectivity index (χ3n) is 1.91. The zero-order valence-corrected chi connectivity index (χ0v) is 9.17. The number of hydrogen-bond donors (Lipinski definition) is 2. The van der Waals surface area contributed by atoms with Gasteiger partial charge in [0.25, 0.3) is 0 Å². The SMILES string of the molecule is C#CC(C)(C)NC(=O)Nc1ccccc1F. The first kappa shape index (κ1) is 12.1. The minimum atomic E-state index is -0.769. The minimum Gasteiger partial charge on any atom is -0.322 e. The van der Waals surface area contributed by atoms with E-state index >= 15 is 0 Å². The predicted molar refractivity (Wildman–Crippen MR) is 61.5 cm³/mol. The summed E-state index contributed by atoms with van der Waals surface area (Å²) >= 11 is 0. The van der Waals surface area contributed by atoms with Crippen molar-refractivity contribution >= 4 is 11.7 Å². The van der Waals surface area contributed by atoms with E-state index in [1.165, 1.54) is 12.1 Å². The quantitative estimate of drug-likeness (QED) is 0.738. The van der Waals surface area contributed by atoms with Crippen LogP contribution in [0.1, 0.15) is 13.8 Å². The molecule has 0 unspecified atom stereocenters. The lowest BCUT2D eigenvalue weighted by Crippen LogP contribution is -2.44. The summed E-state index contributed by atoms with van der Waals surface area (Å²) in [7, 11) is 0. The highest BCUT2D eigenvalue weighted by Gasteiger charge is 2.17. The molecule has 1 aromatic rings. The molecule has 0 aliphatic rings. The molecular weight excluding hydrogens is 207 g/mol. The van der Waals surface area contributed by atoms with Crippen molar-refractivity contribution in [2.75, 3.05) is 5.32 Å². The highest BCUT2D eigenvalue weighted by molar-refractivity contribution is 5.90. The fourth-order valence-electron chi connectivity index (χ4n) is 1.04. The summed E-state index contributed by atoms with van der Waals surface area (Å²) in [6.07, 6.45) is 5.21. The number of urea groups is 1. The summed E-state index contributed by atoms with van der Waals surface area (Å²) in [6.45, 7) is 3.35. The fourth-order valence-corrected chi connectivity index (χ4v) is 1.04. The molecule has 3 nitrogen and oxygen atoms in total. The summed E-state index contributed by atoms with van der Waals surface area (Å²) < 4.78 is 13.2. The van der Waals surface area contributed by atoms with Gasteiger partial charge < -0.3 is 10.6 Å². The minimum absolute atomic E-state index is 0.118. The van der Waals surface area contributed by atoms with Gasteiger partial charge in [0, 0.05) is 0 Å². The molecule has 2 N–H and O–H groups in total. The molecule has 0 heterocycles. The topological polar surface area (TPSA) is 41.1 Å². The number of halogens is 1. The predicted octanol–water partition coefficient (Wildman–Crippen LogP) is 2.36. The number of rotatable bonds is 2. The van der Waals surface area contributed by atoms with Gasteiger partial charge in [-0.15, -0.1) is 6.42 Å². The molecule has 2 amide bonds. The Hall–Kier alpha value is -2.02. The molecular formula is C12H13FN2O. The highest BCUT2D eigenvalue weighted by Crippen LogP contribution is 2.12. The molecule has 0 atom stereocenters. The van der Waals surface area contributed by atoms with Crippen molar-refractivity contribution in [3.8, 4) is 12.3 Å². The first-order valence-electron chi connectivity index (χ1n) is 4.76. The number of amides is 2. The van der Waals surface area contributed by atoms with Crippen LogP contribution < -0.4 is 10.6 Å². The molecule has 0 radical (unpaired) electrons. The molecule has 0 fully saturated rings. The van der Waals surface area contributed by atoms with Gasteiger partial charge in [-0.05, 0) is 26.0 Å². The van der Waals surface area contributed by atoms with Crippen LogP contribution in [0.4, 0.5) is 14.9 Å². The van der Waals surface area contributed by atoms with Gasteiger partial charge in [0.2, 0.25) is 0 Å². The second-order valence-corrected chi connectivity index (χ2v) is 3.83. The Bertz CT molecular complexity index is 435. The number of carbonyl (C=O) groups excluding carboxylic acids is 1. The van der Waals surface area contributed by atoms with E-state index in [1.54, 1.807) is 26.0 Å². The molecule has 84 valence electrons. The lowest BCUT2D eigenvalue weighted by atomic mass is 10.1. The molecule has 0 aliphatic carbocycles. The van der Waals surface area contributed by atoms with E-state index in [-0.39, 0.29) is 5.69 Å². The molecule has 0 spiro atoms. The molecule has 0 bridgehead atoms. The van der Waals surface area contributed by atoms with Crippen LogP contribution in [0.3, 0.4) is 0 Å². The average molecular weight is 220 g/mol. The van der Waals surface area contributed by atoms with E-state index < -0.39 is 17.4 Å².